The van der Waals surface area contributed by atoms with Crippen molar-refractivity contribution in [2.45, 2.75) is 27.2 Å². The van der Waals surface area contributed by atoms with Gasteiger partial charge in [-0.05, 0) is 37.0 Å². The second-order valence-electron chi connectivity index (χ2n) is 5.10. The van der Waals surface area contributed by atoms with Crippen LogP contribution in [0.1, 0.15) is 25.1 Å². The minimum atomic E-state index is -0.219. The van der Waals surface area contributed by atoms with Crippen molar-refractivity contribution in [1.29, 1.82) is 0 Å². The van der Waals surface area contributed by atoms with Crippen molar-refractivity contribution in [1.82, 2.24) is 4.98 Å². The quantitative estimate of drug-likeness (QED) is 0.887. The molecule has 0 aliphatic rings. The minimum absolute atomic E-state index is 0.219. The number of nitrogens with one attached hydrogen (secondary N) is 1. The van der Waals surface area contributed by atoms with Crippen molar-refractivity contribution in [3.63, 3.8) is 0 Å². The molecule has 0 atom stereocenters. The number of aryl methyl sites for hydroxylation is 1. The Morgan fingerprint density at radius 2 is 2.06 bits per heavy atom. The van der Waals surface area contributed by atoms with Gasteiger partial charge in [0.2, 0.25) is 0 Å². The molecule has 2 rings (SSSR count). The van der Waals surface area contributed by atoms with E-state index in [9.17, 15) is 4.39 Å². The van der Waals surface area contributed by atoms with Crippen LogP contribution in [0, 0.1) is 18.7 Å². The maximum Gasteiger partial charge on any atom is 0.134 e. The highest BCUT2D eigenvalue weighted by Gasteiger charge is 2.12. The second-order valence-corrected chi connectivity index (χ2v) is 5.10. The third-order valence-electron chi connectivity index (χ3n) is 3.05. The van der Waals surface area contributed by atoms with Gasteiger partial charge in [0.25, 0.3) is 0 Å². The van der Waals surface area contributed by atoms with Crippen LogP contribution in [0.25, 0.3) is 10.9 Å². The summed E-state index contributed by atoms with van der Waals surface area (Å²) in [6.07, 6.45) is 0.903. The first kappa shape index (κ1) is 12.8. The van der Waals surface area contributed by atoms with E-state index in [1.54, 1.807) is 6.07 Å². The molecule has 1 aromatic carbocycles. The average molecular weight is 246 g/mol. The molecule has 0 spiro atoms. The van der Waals surface area contributed by atoms with Gasteiger partial charge in [0.1, 0.15) is 5.82 Å². The number of anilines is 1. The van der Waals surface area contributed by atoms with Crippen molar-refractivity contribution in [3.8, 4) is 0 Å². The van der Waals surface area contributed by atoms with Crippen LogP contribution < -0.4 is 5.32 Å². The van der Waals surface area contributed by atoms with Crippen molar-refractivity contribution in [2.24, 2.45) is 5.92 Å². The smallest absolute Gasteiger partial charge is 0.134 e. The lowest BCUT2D eigenvalue weighted by atomic mass is 10.0. The molecule has 0 saturated carbocycles. The number of hydrogen-bond acceptors (Lipinski definition) is 2. The van der Waals surface area contributed by atoms with Crippen LogP contribution in [0.15, 0.2) is 18.2 Å². The van der Waals surface area contributed by atoms with E-state index < -0.39 is 0 Å². The molecule has 0 unspecified atom stereocenters. The zero-order valence-corrected chi connectivity index (χ0v) is 11.3. The van der Waals surface area contributed by atoms with Crippen LogP contribution in [0.4, 0.5) is 10.1 Å². The molecule has 0 aliphatic heterocycles. The number of fused-ring (bicyclic) bond motifs is 1. The van der Waals surface area contributed by atoms with Crippen LogP contribution >= 0.6 is 0 Å². The van der Waals surface area contributed by atoms with Crippen LogP contribution in [-0.2, 0) is 6.42 Å². The summed E-state index contributed by atoms with van der Waals surface area (Å²) in [5.41, 5.74) is 3.60. The Morgan fingerprint density at radius 1 is 1.33 bits per heavy atom. The van der Waals surface area contributed by atoms with Gasteiger partial charge in [0, 0.05) is 18.4 Å². The molecule has 0 radical (unpaired) electrons. The maximum absolute atomic E-state index is 13.9. The Labute approximate surface area is 107 Å². The zero-order valence-electron chi connectivity index (χ0n) is 11.3. The van der Waals surface area contributed by atoms with Gasteiger partial charge in [-0.2, -0.15) is 0 Å². The molecule has 1 heterocycles. The standard InChI is InChI=1S/C15H19FN2/c1-9(2)7-11-8-13(17-4)14-12(16)6-5-10(3)15(14)18-11/h5-6,8-9H,7H2,1-4H3,(H,17,18). The summed E-state index contributed by atoms with van der Waals surface area (Å²) in [5.74, 6) is 0.317. The van der Waals surface area contributed by atoms with E-state index in [0.29, 0.717) is 11.3 Å². The van der Waals surface area contributed by atoms with Gasteiger partial charge in [0.05, 0.1) is 10.9 Å². The first-order valence-electron chi connectivity index (χ1n) is 6.29. The van der Waals surface area contributed by atoms with Crippen LogP contribution in [0.3, 0.4) is 0 Å². The Hall–Kier alpha value is -1.64. The van der Waals surface area contributed by atoms with E-state index in [4.69, 9.17) is 0 Å². The summed E-state index contributed by atoms with van der Waals surface area (Å²) < 4.78 is 13.9. The van der Waals surface area contributed by atoms with Gasteiger partial charge in [-0.15, -0.1) is 0 Å². The molecular formula is C15H19FN2. The lowest BCUT2D eigenvalue weighted by molar-refractivity contribution is 0.633. The number of pyridine rings is 1. The monoisotopic (exact) mass is 246 g/mol. The van der Waals surface area contributed by atoms with E-state index in [0.717, 1.165) is 28.9 Å². The average Bonchev–Trinajstić information content (AvgIpc) is 2.32. The number of hydrogen-bond donors (Lipinski definition) is 1. The van der Waals surface area contributed by atoms with Crippen molar-refractivity contribution in [2.75, 3.05) is 12.4 Å². The van der Waals surface area contributed by atoms with Crippen LogP contribution in [0.5, 0.6) is 0 Å². The van der Waals surface area contributed by atoms with Crippen molar-refractivity contribution < 1.29 is 4.39 Å². The Bertz CT molecular complexity index is 576. The highest BCUT2D eigenvalue weighted by atomic mass is 19.1. The fraction of sp³-hybridized carbons (Fsp3) is 0.400. The summed E-state index contributed by atoms with van der Waals surface area (Å²) >= 11 is 0. The van der Waals surface area contributed by atoms with E-state index in [-0.39, 0.29) is 5.82 Å². The highest BCUT2D eigenvalue weighted by molar-refractivity contribution is 5.93. The molecule has 3 heteroatoms. The topological polar surface area (TPSA) is 24.9 Å². The predicted octanol–water partition coefficient (Wildman–Crippen LogP) is 3.92. The summed E-state index contributed by atoms with van der Waals surface area (Å²) in [5, 5.41) is 3.66. The summed E-state index contributed by atoms with van der Waals surface area (Å²) in [6, 6.07) is 5.23. The predicted molar refractivity (Wildman–Crippen MR) is 74.5 cm³/mol. The molecule has 0 fully saturated rings. The Kier molecular flexibility index (Phi) is 3.50. The Morgan fingerprint density at radius 3 is 2.67 bits per heavy atom. The van der Waals surface area contributed by atoms with Crippen LogP contribution in [-0.4, -0.2) is 12.0 Å². The molecule has 0 amide bonds. The van der Waals surface area contributed by atoms with Gasteiger partial charge in [-0.3, -0.25) is 4.98 Å². The minimum Gasteiger partial charge on any atom is -0.387 e. The third-order valence-corrected chi connectivity index (χ3v) is 3.05. The fourth-order valence-corrected chi connectivity index (χ4v) is 2.21. The number of nitrogens with zero attached hydrogens (tertiary/aromatic N) is 1. The van der Waals surface area contributed by atoms with E-state index in [2.05, 4.69) is 24.1 Å². The molecular weight excluding hydrogens is 227 g/mol. The fourth-order valence-electron chi connectivity index (χ4n) is 2.21. The largest absolute Gasteiger partial charge is 0.387 e. The normalized spacial score (nSPS) is 11.2. The van der Waals surface area contributed by atoms with E-state index >= 15 is 0 Å². The molecule has 0 bridgehead atoms. The maximum atomic E-state index is 13.9. The molecule has 96 valence electrons. The van der Waals surface area contributed by atoms with Crippen LogP contribution in [0.2, 0.25) is 0 Å². The first-order valence-corrected chi connectivity index (χ1v) is 6.29. The summed E-state index contributed by atoms with van der Waals surface area (Å²) in [6.45, 7) is 6.28. The molecule has 1 aromatic heterocycles. The van der Waals surface area contributed by atoms with Gasteiger partial charge < -0.3 is 5.32 Å². The molecule has 2 aromatic rings. The highest BCUT2D eigenvalue weighted by Crippen LogP contribution is 2.28. The second kappa shape index (κ2) is 4.92. The lowest BCUT2D eigenvalue weighted by Gasteiger charge is -2.12. The SMILES string of the molecule is CNc1cc(CC(C)C)nc2c(C)ccc(F)c12. The summed E-state index contributed by atoms with van der Waals surface area (Å²) in [4.78, 5) is 4.60. The molecule has 18 heavy (non-hydrogen) atoms. The van der Waals surface area contributed by atoms with E-state index in [1.807, 2.05) is 20.0 Å². The number of aromatic nitrogens is 1. The molecule has 1 N–H and O–H groups in total. The molecule has 0 saturated heterocycles. The Balaban J connectivity index is 2.71. The van der Waals surface area contributed by atoms with Crippen molar-refractivity contribution in [3.05, 3.63) is 35.3 Å². The molecule has 2 nitrogen and oxygen atoms in total. The van der Waals surface area contributed by atoms with Gasteiger partial charge in [-0.1, -0.05) is 19.9 Å². The third kappa shape index (κ3) is 2.30. The number of benzene rings is 1. The zero-order chi connectivity index (χ0) is 13.3. The first-order chi connectivity index (χ1) is 8.52. The van der Waals surface area contributed by atoms with Gasteiger partial charge in [-0.25, -0.2) is 4.39 Å². The van der Waals surface area contributed by atoms with Crippen molar-refractivity contribution >= 4 is 16.6 Å². The van der Waals surface area contributed by atoms with E-state index in [1.165, 1.54) is 6.07 Å². The van der Waals surface area contributed by atoms with Gasteiger partial charge in [0.15, 0.2) is 0 Å². The number of halogens is 1. The summed E-state index contributed by atoms with van der Waals surface area (Å²) in [7, 11) is 1.82. The van der Waals surface area contributed by atoms with Gasteiger partial charge >= 0.3 is 0 Å². The lowest BCUT2D eigenvalue weighted by Crippen LogP contribution is -2.02. The molecule has 0 aliphatic carbocycles. The number of rotatable bonds is 3.